The SMILES string of the molecule is COc1ccccc1CC(=O)OC(C)C(=O)NC(C)c1ccc(F)cc1. The maximum absolute atomic E-state index is 13.0. The Morgan fingerprint density at radius 2 is 1.73 bits per heavy atom. The lowest BCUT2D eigenvalue weighted by Crippen LogP contribution is -2.37. The Morgan fingerprint density at radius 1 is 1.08 bits per heavy atom. The first kappa shape index (κ1) is 19.4. The van der Waals surface area contributed by atoms with E-state index in [0.29, 0.717) is 11.3 Å². The van der Waals surface area contributed by atoms with Crippen LogP contribution in [0.5, 0.6) is 5.75 Å². The van der Waals surface area contributed by atoms with Crippen molar-refractivity contribution in [2.45, 2.75) is 32.4 Å². The van der Waals surface area contributed by atoms with Gasteiger partial charge in [-0.05, 0) is 37.6 Å². The van der Waals surface area contributed by atoms with Crippen LogP contribution in [0.1, 0.15) is 31.0 Å². The highest BCUT2D eigenvalue weighted by Gasteiger charge is 2.20. The minimum atomic E-state index is -0.944. The standard InChI is InChI=1S/C20H22FNO4/c1-13(15-8-10-17(21)11-9-15)22-20(24)14(2)26-19(23)12-16-6-4-5-7-18(16)25-3/h4-11,13-14H,12H2,1-3H3,(H,22,24). The van der Waals surface area contributed by atoms with Crippen LogP contribution in [0.3, 0.4) is 0 Å². The topological polar surface area (TPSA) is 64.6 Å². The Labute approximate surface area is 152 Å². The summed E-state index contributed by atoms with van der Waals surface area (Å²) < 4.78 is 23.4. The number of amides is 1. The number of carbonyl (C=O) groups is 2. The Bertz CT molecular complexity index is 761. The molecule has 6 heteroatoms. The number of hydrogen-bond donors (Lipinski definition) is 1. The molecule has 2 unspecified atom stereocenters. The van der Waals surface area contributed by atoms with Crippen LogP contribution in [0.15, 0.2) is 48.5 Å². The van der Waals surface area contributed by atoms with Crippen LogP contribution in [-0.2, 0) is 20.7 Å². The molecule has 0 spiro atoms. The number of para-hydroxylation sites is 1. The van der Waals surface area contributed by atoms with Crippen LogP contribution in [0.25, 0.3) is 0 Å². The van der Waals surface area contributed by atoms with Crippen molar-refractivity contribution in [2.75, 3.05) is 7.11 Å². The van der Waals surface area contributed by atoms with Gasteiger partial charge >= 0.3 is 5.97 Å². The van der Waals surface area contributed by atoms with Crippen molar-refractivity contribution < 1.29 is 23.5 Å². The summed E-state index contributed by atoms with van der Waals surface area (Å²) in [6, 6.07) is 12.6. The third-order valence-corrected chi connectivity index (χ3v) is 3.93. The maximum Gasteiger partial charge on any atom is 0.311 e. The van der Waals surface area contributed by atoms with Crippen LogP contribution in [0.4, 0.5) is 4.39 Å². The molecule has 0 aliphatic heterocycles. The second kappa shape index (κ2) is 8.99. The molecule has 1 amide bonds. The smallest absolute Gasteiger partial charge is 0.311 e. The van der Waals surface area contributed by atoms with E-state index in [9.17, 15) is 14.0 Å². The van der Waals surface area contributed by atoms with Crippen molar-refractivity contribution >= 4 is 11.9 Å². The van der Waals surface area contributed by atoms with Gasteiger partial charge < -0.3 is 14.8 Å². The molecule has 1 N–H and O–H groups in total. The number of nitrogens with one attached hydrogen (secondary N) is 1. The Balaban J connectivity index is 1.89. The molecule has 2 atom stereocenters. The number of halogens is 1. The summed E-state index contributed by atoms with van der Waals surface area (Å²) in [5, 5.41) is 2.74. The minimum Gasteiger partial charge on any atom is -0.496 e. The summed E-state index contributed by atoms with van der Waals surface area (Å²) in [5.74, 6) is -0.695. The summed E-state index contributed by atoms with van der Waals surface area (Å²) in [4.78, 5) is 24.3. The summed E-state index contributed by atoms with van der Waals surface area (Å²) in [7, 11) is 1.52. The highest BCUT2D eigenvalue weighted by Crippen LogP contribution is 2.18. The van der Waals surface area contributed by atoms with Gasteiger partial charge in [-0.1, -0.05) is 30.3 Å². The Hall–Kier alpha value is -2.89. The molecule has 0 saturated carbocycles. The van der Waals surface area contributed by atoms with Crippen LogP contribution in [0, 0.1) is 5.82 Å². The maximum atomic E-state index is 13.0. The molecule has 0 aromatic heterocycles. The van der Waals surface area contributed by atoms with Gasteiger partial charge in [0.1, 0.15) is 11.6 Å². The van der Waals surface area contributed by atoms with Crippen molar-refractivity contribution in [2.24, 2.45) is 0 Å². The zero-order valence-electron chi connectivity index (χ0n) is 15.0. The van der Waals surface area contributed by atoms with E-state index in [0.717, 1.165) is 5.56 Å². The number of carbonyl (C=O) groups excluding carboxylic acids is 2. The first-order chi connectivity index (χ1) is 12.4. The summed E-state index contributed by atoms with van der Waals surface area (Å²) in [6.45, 7) is 3.28. The summed E-state index contributed by atoms with van der Waals surface area (Å²) >= 11 is 0. The molecule has 0 saturated heterocycles. The van der Waals surface area contributed by atoms with Gasteiger partial charge in [0.05, 0.1) is 19.6 Å². The van der Waals surface area contributed by atoms with E-state index >= 15 is 0 Å². The second-order valence-corrected chi connectivity index (χ2v) is 5.90. The molecule has 2 aromatic carbocycles. The zero-order chi connectivity index (χ0) is 19.1. The molecular weight excluding hydrogens is 337 g/mol. The predicted octanol–water partition coefficient (Wildman–Crippen LogP) is 3.19. The van der Waals surface area contributed by atoms with Crippen LogP contribution in [0.2, 0.25) is 0 Å². The van der Waals surface area contributed by atoms with Gasteiger partial charge in [-0.2, -0.15) is 0 Å². The fourth-order valence-corrected chi connectivity index (χ4v) is 2.46. The van der Waals surface area contributed by atoms with E-state index in [4.69, 9.17) is 9.47 Å². The number of methoxy groups -OCH3 is 1. The van der Waals surface area contributed by atoms with Crippen molar-refractivity contribution in [3.8, 4) is 5.75 Å². The fourth-order valence-electron chi connectivity index (χ4n) is 2.46. The lowest BCUT2D eigenvalue weighted by Gasteiger charge is -2.18. The van der Waals surface area contributed by atoms with Crippen LogP contribution in [-0.4, -0.2) is 25.1 Å². The van der Waals surface area contributed by atoms with Gasteiger partial charge in [0.2, 0.25) is 0 Å². The highest BCUT2D eigenvalue weighted by atomic mass is 19.1. The number of esters is 1. The molecule has 0 heterocycles. The second-order valence-electron chi connectivity index (χ2n) is 5.90. The number of ether oxygens (including phenoxy) is 2. The van der Waals surface area contributed by atoms with Gasteiger partial charge in [0.25, 0.3) is 5.91 Å². The number of benzene rings is 2. The Morgan fingerprint density at radius 3 is 2.38 bits per heavy atom. The van der Waals surface area contributed by atoms with Crippen molar-refractivity contribution in [1.82, 2.24) is 5.32 Å². The van der Waals surface area contributed by atoms with E-state index < -0.39 is 18.0 Å². The summed E-state index contributed by atoms with van der Waals surface area (Å²) in [6.07, 6.45) is -0.935. The van der Waals surface area contributed by atoms with Crippen LogP contribution < -0.4 is 10.1 Å². The third-order valence-electron chi connectivity index (χ3n) is 3.93. The molecular formula is C20H22FNO4. The van der Waals surface area contributed by atoms with E-state index in [1.165, 1.54) is 26.2 Å². The molecule has 0 aliphatic rings. The molecule has 138 valence electrons. The predicted molar refractivity (Wildman–Crippen MR) is 95.2 cm³/mol. The van der Waals surface area contributed by atoms with Crippen molar-refractivity contribution in [1.29, 1.82) is 0 Å². The average Bonchev–Trinajstić information content (AvgIpc) is 2.62. The lowest BCUT2D eigenvalue weighted by atomic mass is 10.1. The normalized spacial score (nSPS) is 12.8. The minimum absolute atomic E-state index is 0.00908. The average molecular weight is 359 g/mol. The largest absolute Gasteiger partial charge is 0.496 e. The molecule has 0 bridgehead atoms. The van der Waals surface area contributed by atoms with Gasteiger partial charge in [-0.25, -0.2) is 4.39 Å². The zero-order valence-corrected chi connectivity index (χ0v) is 15.0. The molecule has 0 radical (unpaired) electrons. The molecule has 0 aliphatic carbocycles. The summed E-state index contributed by atoms with van der Waals surface area (Å²) in [5.41, 5.74) is 1.44. The Kier molecular flexibility index (Phi) is 6.72. The quantitative estimate of drug-likeness (QED) is 0.771. The monoisotopic (exact) mass is 359 g/mol. The molecule has 5 nitrogen and oxygen atoms in total. The van der Waals surface area contributed by atoms with E-state index in [2.05, 4.69) is 5.32 Å². The number of rotatable bonds is 7. The van der Waals surface area contributed by atoms with Gasteiger partial charge in [0, 0.05) is 5.56 Å². The van der Waals surface area contributed by atoms with E-state index in [1.807, 2.05) is 0 Å². The fraction of sp³-hybridized carbons (Fsp3) is 0.300. The van der Waals surface area contributed by atoms with Gasteiger partial charge in [-0.15, -0.1) is 0 Å². The van der Waals surface area contributed by atoms with Gasteiger partial charge in [-0.3, -0.25) is 9.59 Å². The first-order valence-electron chi connectivity index (χ1n) is 8.28. The number of hydrogen-bond acceptors (Lipinski definition) is 4. The molecule has 2 aromatic rings. The lowest BCUT2D eigenvalue weighted by molar-refractivity contribution is -0.154. The first-order valence-corrected chi connectivity index (χ1v) is 8.28. The highest BCUT2D eigenvalue weighted by molar-refractivity contribution is 5.84. The molecule has 0 fully saturated rings. The van der Waals surface area contributed by atoms with Crippen molar-refractivity contribution in [3.05, 3.63) is 65.5 Å². The van der Waals surface area contributed by atoms with Crippen LogP contribution >= 0.6 is 0 Å². The van der Waals surface area contributed by atoms with Crippen molar-refractivity contribution in [3.63, 3.8) is 0 Å². The van der Waals surface area contributed by atoms with E-state index in [1.54, 1.807) is 43.3 Å². The molecule has 26 heavy (non-hydrogen) atoms. The van der Waals surface area contributed by atoms with E-state index in [-0.39, 0.29) is 18.3 Å². The van der Waals surface area contributed by atoms with Gasteiger partial charge in [0.15, 0.2) is 6.10 Å². The third kappa shape index (κ3) is 5.31. The molecule has 2 rings (SSSR count).